The molecule has 0 aliphatic heterocycles. The van der Waals surface area contributed by atoms with Gasteiger partial charge in [0.05, 0.1) is 5.75 Å². The molecule has 0 radical (unpaired) electrons. The average Bonchev–Trinajstić information content (AvgIpc) is 2.41. The topological polar surface area (TPSA) is 82.6 Å². The smallest absolute Gasteiger partial charge is 0.216 e. The molecule has 3 N–H and O–H groups in total. The van der Waals surface area contributed by atoms with E-state index >= 15 is 0 Å². The minimum atomic E-state index is -3.35. The van der Waals surface area contributed by atoms with Crippen LogP contribution < -0.4 is 15.4 Å². The second kappa shape index (κ2) is 8.48. The summed E-state index contributed by atoms with van der Waals surface area (Å²) in [5.41, 5.74) is 1.61. The summed E-state index contributed by atoms with van der Waals surface area (Å²) < 4.78 is 27.0. The van der Waals surface area contributed by atoms with Gasteiger partial charge in [0.25, 0.3) is 0 Å². The lowest BCUT2D eigenvalue weighted by Gasteiger charge is -2.24. The highest BCUT2D eigenvalue weighted by molar-refractivity contribution is 7.88. The van der Waals surface area contributed by atoms with Crippen molar-refractivity contribution in [3.8, 4) is 0 Å². The fourth-order valence-electron chi connectivity index (χ4n) is 2.19. The zero-order valence-electron chi connectivity index (χ0n) is 15.5. The molecule has 1 aromatic rings. The summed E-state index contributed by atoms with van der Waals surface area (Å²) >= 11 is 0. The summed E-state index contributed by atoms with van der Waals surface area (Å²) in [4.78, 5) is 4.20. The molecule has 0 bridgehead atoms. The van der Waals surface area contributed by atoms with E-state index in [1.807, 2.05) is 38.1 Å². The molecule has 1 aromatic carbocycles. The molecule has 0 aliphatic rings. The van der Waals surface area contributed by atoms with Gasteiger partial charge >= 0.3 is 0 Å². The molecule has 136 valence electrons. The number of sulfonamides is 1. The number of hydrogen-bond donors (Lipinski definition) is 3. The number of hydrogen-bond acceptors (Lipinski definition) is 3. The molecule has 0 amide bonds. The first-order valence-corrected chi connectivity index (χ1v) is 9.73. The van der Waals surface area contributed by atoms with Crippen LogP contribution in [0.4, 0.5) is 0 Å². The van der Waals surface area contributed by atoms with Crippen LogP contribution in [0.2, 0.25) is 0 Å². The first kappa shape index (κ1) is 20.4. The summed E-state index contributed by atoms with van der Waals surface area (Å²) in [5.74, 6) is 0.648. The minimum Gasteiger partial charge on any atom is -0.352 e. The van der Waals surface area contributed by atoms with Crippen molar-refractivity contribution >= 4 is 16.0 Å². The lowest BCUT2D eigenvalue weighted by molar-refractivity contribution is 0.501. The second-order valence-corrected chi connectivity index (χ2v) is 8.85. The van der Waals surface area contributed by atoms with E-state index in [-0.39, 0.29) is 17.3 Å². The maximum absolute atomic E-state index is 12.2. The average molecular weight is 355 g/mol. The van der Waals surface area contributed by atoms with E-state index in [0.29, 0.717) is 12.5 Å². The highest BCUT2D eigenvalue weighted by Crippen LogP contribution is 2.12. The minimum absolute atomic E-state index is 0.0334. The summed E-state index contributed by atoms with van der Waals surface area (Å²) in [5, 5.41) is 6.51. The Labute approximate surface area is 146 Å². The molecule has 0 saturated heterocycles. The predicted octanol–water partition coefficient (Wildman–Crippen LogP) is 1.98. The molecular formula is C17H30N4O2S. The van der Waals surface area contributed by atoms with Crippen LogP contribution >= 0.6 is 0 Å². The van der Waals surface area contributed by atoms with Crippen molar-refractivity contribution in [2.45, 2.75) is 58.5 Å². The number of nitrogens with one attached hydrogen (secondary N) is 3. The van der Waals surface area contributed by atoms with Crippen molar-refractivity contribution in [2.24, 2.45) is 4.99 Å². The maximum atomic E-state index is 12.2. The summed E-state index contributed by atoms with van der Waals surface area (Å²) in [6.07, 6.45) is 0. The number of guanidine groups is 1. The van der Waals surface area contributed by atoms with E-state index in [1.165, 1.54) is 0 Å². The highest BCUT2D eigenvalue weighted by atomic mass is 32.2. The van der Waals surface area contributed by atoms with Crippen LogP contribution in [-0.4, -0.2) is 33.0 Å². The van der Waals surface area contributed by atoms with Gasteiger partial charge < -0.3 is 10.6 Å². The molecule has 0 fully saturated rings. The number of aliphatic imine (C=N–C) groups is 1. The molecule has 0 heterocycles. The lowest BCUT2D eigenvalue weighted by atomic mass is 10.1. The van der Waals surface area contributed by atoms with Gasteiger partial charge in [-0.3, -0.25) is 4.99 Å². The SMILES string of the molecule is CN=C(NCc1ccccc1CS(=O)(=O)NC(C)C)NC(C)(C)C. The second-order valence-electron chi connectivity index (χ2n) is 7.10. The standard InChI is InChI=1S/C17H30N4O2S/c1-13(2)21-24(22,23)12-15-10-8-7-9-14(15)11-19-16(18-6)20-17(3,4)5/h7-10,13,21H,11-12H2,1-6H3,(H2,18,19,20). The molecule has 0 aliphatic carbocycles. The first-order chi connectivity index (χ1) is 11.0. The fraction of sp³-hybridized carbons (Fsp3) is 0.588. The Bertz CT molecular complexity index is 661. The van der Waals surface area contributed by atoms with Crippen LogP contribution in [-0.2, 0) is 22.3 Å². The molecular weight excluding hydrogens is 324 g/mol. The van der Waals surface area contributed by atoms with Crippen molar-refractivity contribution in [1.29, 1.82) is 0 Å². The van der Waals surface area contributed by atoms with E-state index in [1.54, 1.807) is 7.05 Å². The Morgan fingerprint density at radius 1 is 1.17 bits per heavy atom. The third-order valence-electron chi connectivity index (χ3n) is 3.04. The van der Waals surface area contributed by atoms with Crippen molar-refractivity contribution in [2.75, 3.05) is 7.05 Å². The van der Waals surface area contributed by atoms with E-state index in [9.17, 15) is 8.42 Å². The molecule has 0 spiro atoms. The monoisotopic (exact) mass is 354 g/mol. The van der Waals surface area contributed by atoms with E-state index in [2.05, 4.69) is 41.1 Å². The van der Waals surface area contributed by atoms with E-state index in [4.69, 9.17) is 0 Å². The van der Waals surface area contributed by atoms with Gasteiger partial charge in [0.1, 0.15) is 0 Å². The summed E-state index contributed by atoms with van der Waals surface area (Å²) in [6.45, 7) is 10.3. The third kappa shape index (κ3) is 7.79. The van der Waals surface area contributed by atoms with Gasteiger partial charge in [0.2, 0.25) is 10.0 Å². The van der Waals surface area contributed by atoms with Gasteiger partial charge in [-0.2, -0.15) is 0 Å². The Kier molecular flexibility index (Phi) is 7.23. The molecule has 0 aromatic heterocycles. The van der Waals surface area contributed by atoms with Crippen LogP contribution in [0, 0.1) is 0 Å². The Morgan fingerprint density at radius 2 is 1.75 bits per heavy atom. The Balaban J connectivity index is 2.84. The van der Waals surface area contributed by atoms with Crippen LogP contribution in [0.25, 0.3) is 0 Å². The lowest BCUT2D eigenvalue weighted by Crippen LogP contribution is -2.47. The van der Waals surface area contributed by atoms with E-state index in [0.717, 1.165) is 11.1 Å². The Morgan fingerprint density at radius 3 is 2.25 bits per heavy atom. The van der Waals surface area contributed by atoms with Crippen molar-refractivity contribution in [3.63, 3.8) is 0 Å². The van der Waals surface area contributed by atoms with Gasteiger partial charge in [-0.15, -0.1) is 0 Å². The summed E-state index contributed by atoms with van der Waals surface area (Å²) in [7, 11) is -1.64. The van der Waals surface area contributed by atoms with Gasteiger partial charge in [-0.05, 0) is 45.7 Å². The highest BCUT2D eigenvalue weighted by Gasteiger charge is 2.16. The van der Waals surface area contributed by atoms with Crippen LogP contribution in [0.5, 0.6) is 0 Å². The maximum Gasteiger partial charge on any atom is 0.216 e. The fourth-order valence-corrected chi connectivity index (χ4v) is 3.68. The quantitative estimate of drug-likeness (QED) is 0.539. The molecule has 0 saturated carbocycles. The van der Waals surface area contributed by atoms with E-state index < -0.39 is 10.0 Å². The number of nitrogens with zero attached hydrogens (tertiary/aromatic N) is 1. The van der Waals surface area contributed by atoms with Crippen molar-refractivity contribution in [1.82, 2.24) is 15.4 Å². The molecule has 24 heavy (non-hydrogen) atoms. The van der Waals surface area contributed by atoms with Gasteiger partial charge in [0.15, 0.2) is 5.96 Å². The first-order valence-electron chi connectivity index (χ1n) is 8.08. The van der Waals surface area contributed by atoms with Crippen molar-refractivity contribution < 1.29 is 8.42 Å². The Hall–Kier alpha value is -1.60. The number of benzene rings is 1. The van der Waals surface area contributed by atoms with Gasteiger partial charge in [-0.1, -0.05) is 24.3 Å². The predicted molar refractivity (Wildman–Crippen MR) is 100 cm³/mol. The molecule has 7 heteroatoms. The van der Waals surface area contributed by atoms with Gasteiger partial charge in [-0.25, -0.2) is 13.1 Å². The van der Waals surface area contributed by atoms with Crippen LogP contribution in [0.3, 0.4) is 0 Å². The zero-order valence-corrected chi connectivity index (χ0v) is 16.3. The molecule has 0 unspecified atom stereocenters. The zero-order chi connectivity index (χ0) is 18.4. The third-order valence-corrected chi connectivity index (χ3v) is 4.56. The van der Waals surface area contributed by atoms with Crippen LogP contribution in [0.15, 0.2) is 29.3 Å². The largest absolute Gasteiger partial charge is 0.352 e. The number of rotatable bonds is 6. The molecule has 6 nitrogen and oxygen atoms in total. The van der Waals surface area contributed by atoms with Gasteiger partial charge in [0, 0.05) is 25.2 Å². The van der Waals surface area contributed by atoms with Crippen LogP contribution in [0.1, 0.15) is 45.7 Å². The summed E-state index contributed by atoms with van der Waals surface area (Å²) in [6, 6.07) is 7.42. The molecule has 1 rings (SSSR count). The normalized spacial score (nSPS) is 13.2. The van der Waals surface area contributed by atoms with Crippen molar-refractivity contribution in [3.05, 3.63) is 35.4 Å². The molecule has 0 atom stereocenters.